The van der Waals surface area contributed by atoms with E-state index in [1.807, 2.05) is 20.8 Å². The minimum absolute atomic E-state index is 0.0855. The second-order valence-corrected chi connectivity index (χ2v) is 4.54. The number of ether oxygens (including phenoxy) is 1. The number of carbonyl (C=O) groups is 1. The fourth-order valence-corrected chi connectivity index (χ4v) is 1.44. The Hall–Kier alpha value is -0.410. The van der Waals surface area contributed by atoms with Crippen LogP contribution < -0.4 is 0 Å². The highest BCUT2D eigenvalue weighted by molar-refractivity contribution is 5.57. The summed E-state index contributed by atoms with van der Waals surface area (Å²) < 4.78 is 5.61. The average Bonchev–Trinajstić information content (AvgIpc) is 2.46. The molecule has 0 N–H and O–H groups in total. The van der Waals surface area contributed by atoms with Gasteiger partial charge in [-0.15, -0.1) is 0 Å². The molecule has 1 atom stereocenters. The van der Waals surface area contributed by atoms with Crippen LogP contribution in [0.5, 0.6) is 0 Å². The number of carbonyl (C=O) groups excluding carboxylic acids is 1. The summed E-state index contributed by atoms with van der Waals surface area (Å²) in [6.07, 6.45) is 3.12. The standard InChI is InChI=1S/C10H19NO2/c1-10(2,3)13-8-11-6-4-5-9(11)7-12/h7,9H,4-6,8H2,1-3H3/t9-/m0/s1. The van der Waals surface area contributed by atoms with Crippen molar-refractivity contribution < 1.29 is 9.53 Å². The Bertz CT molecular complexity index is 174. The van der Waals surface area contributed by atoms with Crippen LogP contribution in [0.15, 0.2) is 0 Å². The van der Waals surface area contributed by atoms with Crippen LogP contribution in [0.1, 0.15) is 33.6 Å². The lowest BCUT2D eigenvalue weighted by Gasteiger charge is -2.26. The van der Waals surface area contributed by atoms with Gasteiger partial charge < -0.3 is 9.53 Å². The van der Waals surface area contributed by atoms with Gasteiger partial charge in [0.2, 0.25) is 0 Å². The van der Waals surface area contributed by atoms with Crippen LogP contribution in [-0.4, -0.2) is 36.1 Å². The Balaban J connectivity index is 2.32. The predicted octanol–water partition coefficient (Wildman–Crippen LogP) is 1.42. The highest BCUT2D eigenvalue weighted by Crippen LogP contribution is 2.17. The number of nitrogens with zero attached hydrogens (tertiary/aromatic N) is 1. The Morgan fingerprint density at radius 3 is 2.77 bits per heavy atom. The summed E-state index contributed by atoms with van der Waals surface area (Å²) in [7, 11) is 0. The van der Waals surface area contributed by atoms with E-state index in [4.69, 9.17) is 4.74 Å². The molecule has 13 heavy (non-hydrogen) atoms. The lowest BCUT2D eigenvalue weighted by atomic mass is 10.2. The summed E-state index contributed by atoms with van der Waals surface area (Å²) in [5, 5.41) is 0. The van der Waals surface area contributed by atoms with Crippen LogP contribution in [0.2, 0.25) is 0 Å². The second-order valence-electron chi connectivity index (χ2n) is 4.54. The Labute approximate surface area is 80.1 Å². The van der Waals surface area contributed by atoms with Gasteiger partial charge in [0.15, 0.2) is 0 Å². The molecule has 3 heteroatoms. The van der Waals surface area contributed by atoms with Crippen molar-refractivity contribution in [3.8, 4) is 0 Å². The number of rotatable bonds is 3. The van der Waals surface area contributed by atoms with E-state index in [9.17, 15) is 4.79 Å². The third kappa shape index (κ3) is 3.44. The zero-order valence-electron chi connectivity index (χ0n) is 8.75. The highest BCUT2D eigenvalue weighted by Gasteiger charge is 2.25. The molecule has 0 spiro atoms. The van der Waals surface area contributed by atoms with Crippen molar-refractivity contribution in [1.29, 1.82) is 0 Å². The van der Waals surface area contributed by atoms with Crippen molar-refractivity contribution in [3.05, 3.63) is 0 Å². The first-order valence-electron chi connectivity index (χ1n) is 4.86. The molecule has 0 saturated carbocycles. The van der Waals surface area contributed by atoms with Crippen LogP contribution >= 0.6 is 0 Å². The lowest BCUT2D eigenvalue weighted by molar-refractivity contribution is -0.116. The molecule has 76 valence electrons. The molecule has 0 bridgehead atoms. The van der Waals surface area contributed by atoms with Crippen molar-refractivity contribution in [2.24, 2.45) is 0 Å². The fourth-order valence-electron chi connectivity index (χ4n) is 1.44. The van der Waals surface area contributed by atoms with Gasteiger partial charge in [-0.3, -0.25) is 4.90 Å². The molecule has 1 aliphatic heterocycles. The summed E-state index contributed by atoms with van der Waals surface area (Å²) in [4.78, 5) is 12.7. The van der Waals surface area contributed by atoms with E-state index in [-0.39, 0.29) is 11.6 Å². The summed E-state index contributed by atoms with van der Waals surface area (Å²) >= 11 is 0. The molecule has 1 aliphatic rings. The van der Waals surface area contributed by atoms with Crippen molar-refractivity contribution in [2.75, 3.05) is 13.3 Å². The molecule has 1 heterocycles. The topological polar surface area (TPSA) is 29.5 Å². The molecule has 1 fully saturated rings. The van der Waals surface area contributed by atoms with Crippen molar-refractivity contribution in [3.63, 3.8) is 0 Å². The van der Waals surface area contributed by atoms with Gasteiger partial charge >= 0.3 is 0 Å². The molecule has 1 saturated heterocycles. The minimum Gasteiger partial charge on any atom is -0.360 e. The first-order chi connectivity index (χ1) is 6.03. The number of aldehydes is 1. The van der Waals surface area contributed by atoms with Crippen LogP contribution in [0.3, 0.4) is 0 Å². The van der Waals surface area contributed by atoms with E-state index in [0.29, 0.717) is 6.73 Å². The van der Waals surface area contributed by atoms with Crippen molar-refractivity contribution in [2.45, 2.75) is 45.3 Å². The van der Waals surface area contributed by atoms with E-state index in [1.54, 1.807) is 0 Å². The maximum absolute atomic E-state index is 10.6. The molecule has 0 aromatic carbocycles. The third-order valence-corrected chi connectivity index (χ3v) is 2.23. The molecule has 1 rings (SSSR count). The van der Waals surface area contributed by atoms with Gasteiger partial charge in [0.25, 0.3) is 0 Å². The summed E-state index contributed by atoms with van der Waals surface area (Å²) in [6.45, 7) is 7.64. The molecule has 3 nitrogen and oxygen atoms in total. The van der Waals surface area contributed by atoms with Gasteiger partial charge in [-0.25, -0.2) is 0 Å². The molecule has 0 radical (unpaired) electrons. The van der Waals surface area contributed by atoms with Gasteiger partial charge in [0, 0.05) is 6.54 Å². The second kappa shape index (κ2) is 4.20. The molecule has 0 aromatic heterocycles. The first-order valence-corrected chi connectivity index (χ1v) is 4.86. The summed E-state index contributed by atoms with van der Waals surface area (Å²) in [6, 6.07) is 0.0855. The summed E-state index contributed by atoms with van der Waals surface area (Å²) in [5.74, 6) is 0. The number of likely N-dealkylation sites (tertiary alicyclic amines) is 1. The number of hydrogen-bond donors (Lipinski definition) is 0. The zero-order chi connectivity index (χ0) is 9.90. The molecular formula is C10H19NO2. The SMILES string of the molecule is CC(C)(C)OCN1CCC[C@H]1C=O. The van der Waals surface area contributed by atoms with Gasteiger partial charge in [-0.05, 0) is 33.6 Å². The average molecular weight is 185 g/mol. The fraction of sp³-hybridized carbons (Fsp3) is 0.900. The maximum Gasteiger partial charge on any atom is 0.137 e. The normalized spacial score (nSPS) is 25.0. The van der Waals surface area contributed by atoms with Crippen molar-refractivity contribution >= 4 is 6.29 Å². The van der Waals surface area contributed by atoms with Gasteiger partial charge in [0.1, 0.15) is 13.0 Å². The monoisotopic (exact) mass is 185 g/mol. The largest absolute Gasteiger partial charge is 0.360 e. The van der Waals surface area contributed by atoms with Gasteiger partial charge in [-0.2, -0.15) is 0 Å². The summed E-state index contributed by atoms with van der Waals surface area (Å²) in [5.41, 5.74) is -0.115. The molecular weight excluding hydrogens is 166 g/mol. The van der Waals surface area contributed by atoms with Crippen LogP contribution in [0.4, 0.5) is 0 Å². The highest BCUT2D eigenvalue weighted by atomic mass is 16.5. The van der Waals surface area contributed by atoms with E-state index >= 15 is 0 Å². The molecule has 0 amide bonds. The molecule has 0 aromatic rings. The smallest absolute Gasteiger partial charge is 0.137 e. The van der Waals surface area contributed by atoms with Gasteiger partial charge in [-0.1, -0.05) is 0 Å². The molecule has 0 unspecified atom stereocenters. The van der Waals surface area contributed by atoms with Gasteiger partial charge in [0.05, 0.1) is 11.6 Å². The Morgan fingerprint density at radius 1 is 1.54 bits per heavy atom. The molecule has 0 aliphatic carbocycles. The quantitative estimate of drug-likeness (QED) is 0.623. The zero-order valence-corrected chi connectivity index (χ0v) is 8.75. The van der Waals surface area contributed by atoms with Crippen LogP contribution in [0.25, 0.3) is 0 Å². The Morgan fingerprint density at radius 2 is 2.23 bits per heavy atom. The first kappa shape index (κ1) is 10.7. The number of hydrogen-bond acceptors (Lipinski definition) is 3. The minimum atomic E-state index is -0.115. The Kier molecular flexibility index (Phi) is 3.45. The predicted molar refractivity (Wildman–Crippen MR) is 51.5 cm³/mol. The maximum atomic E-state index is 10.6. The van der Waals surface area contributed by atoms with Crippen LogP contribution in [0, 0.1) is 0 Å². The lowest BCUT2D eigenvalue weighted by Crippen LogP contribution is -2.36. The van der Waals surface area contributed by atoms with E-state index < -0.39 is 0 Å². The van der Waals surface area contributed by atoms with Crippen LogP contribution in [-0.2, 0) is 9.53 Å². The van der Waals surface area contributed by atoms with E-state index in [0.717, 1.165) is 25.7 Å². The van der Waals surface area contributed by atoms with E-state index in [2.05, 4.69) is 4.90 Å². The third-order valence-electron chi connectivity index (χ3n) is 2.23. The van der Waals surface area contributed by atoms with E-state index in [1.165, 1.54) is 0 Å². The van der Waals surface area contributed by atoms with Crippen molar-refractivity contribution in [1.82, 2.24) is 4.90 Å².